The summed E-state index contributed by atoms with van der Waals surface area (Å²) in [6, 6.07) is 5.64. The highest BCUT2D eigenvalue weighted by Crippen LogP contribution is 2.21. The van der Waals surface area contributed by atoms with E-state index in [1.165, 1.54) is 0 Å². The van der Waals surface area contributed by atoms with Gasteiger partial charge in [0.25, 0.3) is 5.91 Å². The summed E-state index contributed by atoms with van der Waals surface area (Å²) in [6.07, 6.45) is 0.911. The zero-order valence-corrected chi connectivity index (χ0v) is 12.9. The molecule has 0 aliphatic rings. The Balaban J connectivity index is 2.89. The normalized spacial score (nSPS) is 12.0. The van der Waals surface area contributed by atoms with Crippen molar-refractivity contribution in [1.82, 2.24) is 5.32 Å². The molecule has 0 aliphatic carbocycles. The average molecular weight is 279 g/mol. The monoisotopic (exact) mass is 279 g/mol. The van der Waals surface area contributed by atoms with Gasteiger partial charge in [-0.05, 0) is 45.4 Å². The van der Waals surface area contributed by atoms with Crippen LogP contribution in [0.4, 0.5) is 0 Å². The van der Waals surface area contributed by atoms with E-state index in [1.807, 2.05) is 39.8 Å². The Labute approximate surface area is 121 Å². The molecule has 4 nitrogen and oxygen atoms in total. The third kappa shape index (κ3) is 4.85. The van der Waals surface area contributed by atoms with Crippen LogP contribution in [0.5, 0.6) is 5.75 Å². The van der Waals surface area contributed by atoms with Crippen molar-refractivity contribution in [2.45, 2.75) is 46.8 Å². The number of ether oxygens (including phenoxy) is 2. The number of hydrogen-bond acceptors (Lipinski definition) is 3. The van der Waals surface area contributed by atoms with Gasteiger partial charge in [0.1, 0.15) is 5.75 Å². The molecule has 0 bridgehead atoms. The first-order chi connectivity index (χ1) is 9.62. The first-order valence-electron chi connectivity index (χ1n) is 7.26. The summed E-state index contributed by atoms with van der Waals surface area (Å²) in [5.41, 5.74) is 1.55. The molecule has 1 aromatic rings. The lowest BCUT2D eigenvalue weighted by Gasteiger charge is -2.14. The summed E-state index contributed by atoms with van der Waals surface area (Å²) in [4.78, 5) is 12.1. The lowest BCUT2D eigenvalue weighted by Crippen LogP contribution is -2.31. The Bertz CT molecular complexity index is 432. The zero-order chi connectivity index (χ0) is 15.0. The van der Waals surface area contributed by atoms with Crippen molar-refractivity contribution in [1.29, 1.82) is 0 Å². The number of nitrogens with one attached hydrogen (secondary N) is 1. The lowest BCUT2D eigenvalue weighted by atomic mass is 10.1. The minimum Gasteiger partial charge on any atom is -0.494 e. The first-order valence-corrected chi connectivity index (χ1v) is 7.26. The fraction of sp³-hybridized carbons (Fsp3) is 0.562. The first kappa shape index (κ1) is 16.5. The quantitative estimate of drug-likeness (QED) is 0.795. The minimum atomic E-state index is -0.0554. The van der Waals surface area contributed by atoms with E-state index in [0.717, 1.165) is 17.7 Å². The van der Waals surface area contributed by atoms with Gasteiger partial charge in [-0.25, -0.2) is 0 Å². The van der Waals surface area contributed by atoms with E-state index in [9.17, 15) is 4.79 Å². The van der Waals surface area contributed by atoms with Gasteiger partial charge in [-0.1, -0.05) is 6.92 Å². The van der Waals surface area contributed by atoms with Gasteiger partial charge in [-0.15, -0.1) is 0 Å². The van der Waals surface area contributed by atoms with E-state index in [0.29, 0.717) is 25.4 Å². The molecule has 1 aromatic carbocycles. The summed E-state index contributed by atoms with van der Waals surface area (Å²) >= 11 is 0. The van der Waals surface area contributed by atoms with Crippen molar-refractivity contribution in [3.8, 4) is 5.75 Å². The predicted molar refractivity (Wildman–Crippen MR) is 80.2 cm³/mol. The van der Waals surface area contributed by atoms with Crippen LogP contribution in [0.1, 0.15) is 50.0 Å². The van der Waals surface area contributed by atoms with Crippen LogP contribution in [0.25, 0.3) is 0 Å². The molecular formula is C16H25NO3. The van der Waals surface area contributed by atoms with Crippen molar-refractivity contribution in [3.63, 3.8) is 0 Å². The second kappa shape index (κ2) is 8.59. The van der Waals surface area contributed by atoms with Gasteiger partial charge in [0, 0.05) is 23.8 Å². The van der Waals surface area contributed by atoms with E-state index in [-0.39, 0.29) is 11.9 Å². The smallest absolute Gasteiger partial charge is 0.251 e. The maximum atomic E-state index is 12.1. The molecule has 0 fully saturated rings. The minimum absolute atomic E-state index is 0.0554. The third-order valence-corrected chi connectivity index (χ3v) is 3.07. The van der Waals surface area contributed by atoms with Crippen LogP contribution in [0, 0.1) is 0 Å². The molecule has 0 spiro atoms. The summed E-state index contributed by atoms with van der Waals surface area (Å²) in [7, 11) is 0. The van der Waals surface area contributed by atoms with Crippen LogP contribution in [0.3, 0.4) is 0 Å². The molecule has 0 heterocycles. The van der Waals surface area contributed by atoms with E-state index in [1.54, 1.807) is 6.07 Å². The van der Waals surface area contributed by atoms with E-state index < -0.39 is 0 Å². The molecule has 1 rings (SSSR count). The molecule has 1 atom stereocenters. The van der Waals surface area contributed by atoms with E-state index >= 15 is 0 Å². The van der Waals surface area contributed by atoms with Crippen LogP contribution in [0.15, 0.2) is 18.2 Å². The molecule has 112 valence electrons. The summed E-state index contributed by atoms with van der Waals surface area (Å²) in [6.45, 7) is 9.60. The summed E-state index contributed by atoms with van der Waals surface area (Å²) < 4.78 is 11.0. The summed E-state index contributed by atoms with van der Waals surface area (Å²) in [5.74, 6) is 0.723. The maximum absolute atomic E-state index is 12.1. The van der Waals surface area contributed by atoms with Gasteiger partial charge in [0.15, 0.2) is 0 Å². The molecule has 0 aliphatic heterocycles. The third-order valence-electron chi connectivity index (χ3n) is 3.07. The van der Waals surface area contributed by atoms with Crippen molar-refractivity contribution in [3.05, 3.63) is 29.3 Å². The van der Waals surface area contributed by atoms with Crippen molar-refractivity contribution >= 4 is 5.91 Å². The van der Waals surface area contributed by atoms with Crippen LogP contribution >= 0.6 is 0 Å². The Morgan fingerprint density at radius 2 is 2.00 bits per heavy atom. The topological polar surface area (TPSA) is 47.6 Å². The average Bonchev–Trinajstić information content (AvgIpc) is 2.46. The van der Waals surface area contributed by atoms with E-state index in [2.05, 4.69) is 5.32 Å². The SMILES string of the molecule is CCOCc1cc(C(=O)N[C@@H](C)CC)ccc1OCC. The van der Waals surface area contributed by atoms with Crippen LogP contribution in [-0.4, -0.2) is 25.2 Å². The second-order valence-corrected chi connectivity index (χ2v) is 4.68. The van der Waals surface area contributed by atoms with Crippen molar-refractivity contribution in [2.24, 2.45) is 0 Å². The molecule has 0 radical (unpaired) electrons. The van der Waals surface area contributed by atoms with Crippen LogP contribution < -0.4 is 10.1 Å². The largest absolute Gasteiger partial charge is 0.494 e. The molecule has 20 heavy (non-hydrogen) atoms. The Hall–Kier alpha value is -1.55. The van der Waals surface area contributed by atoms with Gasteiger partial charge >= 0.3 is 0 Å². The highest BCUT2D eigenvalue weighted by molar-refractivity contribution is 5.94. The number of hydrogen-bond donors (Lipinski definition) is 1. The Morgan fingerprint density at radius 3 is 2.60 bits per heavy atom. The summed E-state index contributed by atoms with van der Waals surface area (Å²) in [5, 5.41) is 2.96. The molecule has 4 heteroatoms. The Morgan fingerprint density at radius 1 is 1.25 bits per heavy atom. The molecule has 0 aromatic heterocycles. The van der Waals surface area contributed by atoms with Gasteiger partial charge < -0.3 is 14.8 Å². The Kier molecular flexibility index (Phi) is 7.09. The number of carbonyl (C=O) groups excluding carboxylic acids is 1. The molecular weight excluding hydrogens is 254 g/mol. The second-order valence-electron chi connectivity index (χ2n) is 4.68. The number of amides is 1. The molecule has 1 N–H and O–H groups in total. The van der Waals surface area contributed by atoms with Gasteiger partial charge in [-0.3, -0.25) is 4.79 Å². The fourth-order valence-electron chi connectivity index (χ4n) is 1.75. The fourth-order valence-corrected chi connectivity index (χ4v) is 1.75. The highest BCUT2D eigenvalue weighted by atomic mass is 16.5. The van der Waals surface area contributed by atoms with Crippen molar-refractivity contribution < 1.29 is 14.3 Å². The van der Waals surface area contributed by atoms with Crippen LogP contribution in [0.2, 0.25) is 0 Å². The van der Waals surface area contributed by atoms with Gasteiger partial charge in [0.2, 0.25) is 0 Å². The lowest BCUT2D eigenvalue weighted by molar-refractivity contribution is 0.0938. The highest BCUT2D eigenvalue weighted by Gasteiger charge is 2.12. The maximum Gasteiger partial charge on any atom is 0.251 e. The molecule has 0 unspecified atom stereocenters. The van der Waals surface area contributed by atoms with Crippen molar-refractivity contribution in [2.75, 3.05) is 13.2 Å². The molecule has 1 amide bonds. The predicted octanol–water partition coefficient (Wildman–Crippen LogP) is 3.15. The zero-order valence-electron chi connectivity index (χ0n) is 12.9. The van der Waals surface area contributed by atoms with E-state index in [4.69, 9.17) is 9.47 Å². The van der Waals surface area contributed by atoms with Gasteiger partial charge in [0.05, 0.1) is 13.2 Å². The molecule has 0 saturated carbocycles. The number of rotatable bonds is 8. The number of carbonyl (C=O) groups is 1. The van der Waals surface area contributed by atoms with Crippen LogP contribution in [-0.2, 0) is 11.3 Å². The number of benzene rings is 1. The molecule has 0 saturated heterocycles. The standard InChI is InChI=1S/C16H25NO3/c1-5-12(4)17-16(18)13-8-9-15(20-7-3)14(10-13)11-19-6-2/h8-10,12H,5-7,11H2,1-4H3,(H,17,18)/t12-/m0/s1. The van der Waals surface area contributed by atoms with Gasteiger partial charge in [-0.2, -0.15) is 0 Å².